The molecule has 1 aromatic heterocycles. The molecule has 0 aliphatic heterocycles. The highest BCUT2D eigenvalue weighted by molar-refractivity contribution is 5.86. The van der Waals surface area contributed by atoms with E-state index in [2.05, 4.69) is 52.8 Å². The predicted molar refractivity (Wildman–Crippen MR) is 150 cm³/mol. The highest BCUT2D eigenvalue weighted by Crippen LogP contribution is 2.76. The zero-order chi connectivity index (χ0) is 27.7. The minimum absolute atomic E-state index is 0.0736. The monoisotopic (exact) mass is 520 g/mol. The van der Waals surface area contributed by atoms with Crippen LogP contribution in [0.4, 0.5) is 0 Å². The summed E-state index contributed by atoms with van der Waals surface area (Å²) in [5, 5.41) is 9.66. The molecule has 0 unspecified atom stereocenters. The molecule has 0 radical (unpaired) electrons. The second-order valence-electron chi connectivity index (χ2n) is 14.4. The fourth-order valence-corrected chi connectivity index (χ4v) is 11.0. The van der Waals surface area contributed by atoms with Crippen molar-refractivity contribution >= 4 is 11.9 Å². The van der Waals surface area contributed by atoms with Crippen molar-refractivity contribution in [2.24, 2.45) is 51.2 Å². The van der Waals surface area contributed by atoms with E-state index in [1.54, 1.807) is 17.1 Å². The Morgan fingerprint density at radius 3 is 2.32 bits per heavy atom. The first-order chi connectivity index (χ1) is 17.8. The van der Waals surface area contributed by atoms with E-state index in [0.717, 1.165) is 51.4 Å². The summed E-state index contributed by atoms with van der Waals surface area (Å²) < 4.78 is 1.74. The normalized spacial score (nSPS) is 44.0. The minimum Gasteiger partial charge on any atom is -0.481 e. The molecule has 9 atom stereocenters. The van der Waals surface area contributed by atoms with Gasteiger partial charge >= 0.3 is 5.97 Å². The molecule has 0 spiro atoms. The third kappa shape index (κ3) is 3.66. The van der Waals surface area contributed by atoms with E-state index in [1.807, 2.05) is 6.20 Å². The second-order valence-corrected chi connectivity index (χ2v) is 14.4. The molecule has 0 amide bonds. The lowest BCUT2D eigenvalue weighted by Gasteiger charge is -2.70. The van der Waals surface area contributed by atoms with E-state index in [-0.39, 0.29) is 34.0 Å². The molecule has 1 N–H and O–H groups in total. The summed E-state index contributed by atoms with van der Waals surface area (Å²) >= 11 is 0. The molecule has 208 valence electrons. The van der Waals surface area contributed by atoms with Gasteiger partial charge in [0.15, 0.2) is 0 Å². The number of aromatic nitrogens is 2. The first-order valence-electron chi connectivity index (χ1n) is 14.9. The molecule has 5 rings (SSSR count). The summed E-state index contributed by atoms with van der Waals surface area (Å²) in [7, 11) is 0. The molecule has 1 heterocycles. The molecule has 0 bridgehead atoms. The molecule has 4 aliphatic carbocycles. The molecule has 1 aromatic rings. The molecular formula is C33H48N2O3. The van der Waals surface area contributed by atoms with Crippen LogP contribution in [0.15, 0.2) is 43.0 Å². The number of carboxylic acid groups (broad SMARTS) is 1. The summed E-state index contributed by atoms with van der Waals surface area (Å²) in [5.41, 5.74) is 2.21. The van der Waals surface area contributed by atoms with Crippen molar-refractivity contribution in [2.45, 2.75) is 98.8 Å². The van der Waals surface area contributed by atoms with Gasteiger partial charge in [-0.1, -0.05) is 45.1 Å². The summed E-state index contributed by atoms with van der Waals surface area (Å²) in [6, 6.07) is 0. The van der Waals surface area contributed by atoms with Crippen molar-refractivity contribution in [3.05, 3.63) is 43.0 Å². The quantitative estimate of drug-likeness (QED) is 0.388. The lowest BCUT2D eigenvalue weighted by Crippen LogP contribution is -2.64. The Hall–Kier alpha value is -2.17. The lowest BCUT2D eigenvalue weighted by molar-refractivity contribution is -0.211. The van der Waals surface area contributed by atoms with Crippen molar-refractivity contribution in [3.63, 3.8) is 0 Å². The lowest BCUT2D eigenvalue weighted by atomic mass is 9.34. The number of hydrogen-bond acceptors (Lipinski definition) is 3. The van der Waals surface area contributed by atoms with E-state index >= 15 is 0 Å². The molecule has 38 heavy (non-hydrogen) atoms. The van der Waals surface area contributed by atoms with Gasteiger partial charge < -0.3 is 5.11 Å². The maximum Gasteiger partial charge on any atom is 0.303 e. The number of allylic oxidation sites excluding steroid dienone is 2. The Balaban J connectivity index is 1.57. The average molecular weight is 521 g/mol. The maximum absolute atomic E-state index is 14.2. The van der Waals surface area contributed by atoms with Crippen LogP contribution in [0.3, 0.4) is 0 Å². The molecular weight excluding hydrogens is 472 g/mol. The average Bonchev–Trinajstić information content (AvgIpc) is 3.52. The maximum atomic E-state index is 14.2. The van der Waals surface area contributed by atoms with Gasteiger partial charge in [-0.05, 0) is 117 Å². The number of carbonyl (C=O) groups excluding carboxylic acids is 1. The number of fused-ring (bicyclic) bond motifs is 5. The van der Waals surface area contributed by atoms with Crippen LogP contribution in [0.2, 0.25) is 0 Å². The van der Waals surface area contributed by atoms with Crippen LogP contribution in [0.25, 0.3) is 0 Å². The van der Waals surface area contributed by atoms with E-state index in [0.29, 0.717) is 36.0 Å². The fourth-order valence-electron chi connectivity index (χ4n) is 11.0. The smallest absolute Gasteiger partial charge is 0.303 e. The van der Waals surface area contributed by atoms with Gasteiger partial charge in [-0.25, -0.2) is 4.98 Å². The summed E-state index contributed by atoms with van der Waals surface area (Å²) in [6.45, 7) is 20.6. The van der Waals surface area contributed by atoms with Gasteiger partial charge in [0.05, 0.1) is 5.41 Å². The standard InChI is InChI=1S/C33H48N2O3/c1-21(2)23-10-15-33(29(38)35-19-18-34-20-35)17-16-31(6)25(28(23)33)8-9-26-30(5,13-12-27(36)37)24(22(3)4)11-14-32(26,31)7/h18-20,23-26,28H,1,3,8-17H2,2,4-7H3,(H,36,37)/t23-,24-,25+,26+,28+,30-,31+,32+,33-/m0/s1. The van der Waals surface area contributed by atoms with Crippen LogP contribution >= 0.6 is 0 Å². The highest BCUT2D eigenvalue weighted by Gasteiger charge is 2.70. The van der Waals surface area contributed by atoms with Gasteiger partial charge in [0.2, 0.25) is 5.91 Å². The molecule has 4 saturated carbocycles. The van der Waals surface area contributed by atoms with Crippen molar-refractivity contribution in [3.8, 4) is 0 Å². The summed E-state index contributed by atoms with van der Waals surface area (Å²) in [5.74, 6) is 1.48. The Labute approximate surface area is 229 Å². The zero-order valence-corrected chi connectivity index (χ0v) is 24.3. The Morgan fingerprint density at radius 1 is 0.974 bits per heavy atom. The highest BCUT2D eigenvalue weighted by atomic mass is 16.4. The summed E-state index contributed by atoms with van der Waals surface area (Å²) in [6.07, 6.45) is 14.5. The molecule has 0 aromatic carbocycles. The zero-order valence-electron chi connectivity index (χ0n) is 24.3. The van der Waals surface area contributed by atoms with Gasteiger partial charge in [-0.2, -0.15) is 0 Å². The molecule has 0 saturated heterocycles. The SMILES string of the molecule is C=C(C)[C@@H]1CC[C@]2(C(=O)n3ccnc3)CC[C@]3(C)[C@H](CC[C@@H]4[C@@](C)(CCC(=O)O)[C@H](C(=C)C)CC[C@]43C)[C@@H]12. The summed E-state index contributed by atoms with van der Waals surface area (Å²) in [4.78, 5) is 30.1. The van der Waals surface area contributed by atoms with Crippen LogP contribution < -0.4 is 0 Å². The number of rotatable bonds is 6. The van der Waals surface area contributed by atoms with Crippen LogP contribution in [0, 0.1) is 51.2 Å². The second kappa shape index (κ2) is 9.20. The van der Waals surface area contributed by atoms with Gasteiger partial charge in [0.25, 0.3) is 0 Å². The predicted octanol–water partition coefficient (Wildman–Crippen LogP) is 7.80. The number of aliphatic carboxylic acids is 1. The van der Waals surface area contributed by atoms with E-state index in [9.17, 15) is 14.7 Å². The number of carbonyl (C=O) groups is 2. The third-order valence-electron chi connectivity index (χ3n) is 13.0. The minimum atomic E-state index is -0.699. The molecule has 5 nitrogen and oxygen atoms in total. The van der Waals surface area contributed by atoms with Crippen LogP contribution in [-0.2, 0) is 4.79 Å². The molecule has 4 fully saturated rings. The molecule has 4 aliphatic rings. The van der Waals surface area contributed by atoms with Crippen LogP contribution in [0.5, 0.6) is 0 Å². The van der Waals surface area contributed by atoms with Gasteiger partial charge in [0, 0.05) is 18.8 Å². The third-order valence-corrected chi connectivity index (χ3v) is 13.0. The first kappa shape index (κ1) is 27.4. The van der Waals surface area contributed by atoms with E-state index in [1.165, 1.54) is 11.1 Å². The largest absolute Gasteiger partial charge is 0.481 e. The number of hydrogen-bond donors (Lipinski definition) is 1. The van der Waals surface area contributed by atoms with Crippen molar-refractivity contribution in [1.82, 2.24) is 9.55 Å². The topological polar surface area (TPSA) is 72.2 Å². The van der Waals surface area contributed by atoms with Crippen LogP contribution in [0.1, 0.15) is 104 Å². The number of carboxylic acids is 1. The van der Waals surface area contributed by atoms with Gasteiger partial charge in [0.1, 0.15) is 6.33 Å². The van der Waals surface area contributed by atoms with Crippen molar-refractivity contribution in [2.75, 3.05) is 0 Å². The Kier molecular flexibility index (Phi) is 6.63. The van der Waals surface area contributed by atoms with E-state index in [4.69, 9.17) is 0 Å². The van der Waals surface area contributed by atoms with Gasteiger partial charge in [-0.15, -0.1) is 0 Å². The van der Waals surface area contributed by atoms with E-state index < -0.39 is 5.97 Å². The van der Waals surface area contributed by atoms with Crippen LogP contribution in [-0.4, -0.2) is 26.5 Å². The molecule has 5 heteroatoms. The number of nitrogens with zero attached hydrogens (tertiary/aromatic N) is 2. The van der Waals surface area contributed by atoms with Crippen molar-refractivity contribution in [1.29, 1.82) is 0 Å². The first-order valence-corrected chi connectivity index (χ1v) is 14.9. The number of imidazole rings is 1. The fraction of sp³-hybridized carbons (Fsp3) is 0.727. The Bertz CT molecular complexity index is 1140. The Morgan fingerprint density at radius 2 is 1.71 bits per heavy atom. The van der Waals surface area contributed by atoms with Crippen molar-refractivity contribution < 1.29 is 14.7 Å². The van der Waals surface area contributed by atoms with Gasteiger partial charge in [-0.3, -0.25) is 14.2 Å².